The zero-order valence-corrected chi connectivity index (χ0v) is 25.2. The van der Waals surface area contributed by atoms with Gasteiger partial charge in [0.2, 0.25) is 5.51 Å². The van der Waals surface area contributed by atoms with Crippen molar-refractivity contribution in [2.75, 3.05) is 19.8 Å². The molecule has 1 saturated heterocycles. The predicted molar refractivity (Wildman–Crippen MR) is 157 cm³/mol. The molecule has 0 bridgehead atoms. The van der Waals surface area contributed by atoms with E-state index in [4.69, 9.17) is 14.2 Å². The average molecular weight is 539 g/mol. The Hall–Kier alpha value is -0.490. The summed E-state index contributed by atoms with van der Waals surface area (Å²) in [5.74, 6) is 0. The normalized spacial score (nSPS) is 17.6. The zero-order chi connectivity index (χ0) is 26.1. The minimum atomic E-state index is 0.00261. The van der Waals surface area contributed by atoms with E-state index in [0.717, 1.165) is 26.0 Å². The summed E-state index contributed by atoms with van der Waals surface area (Å²) in [4.78, 5) is 0. The Morgan fingerprint density at radius 1 is 0.730 bits per heavy atom. The number of nitrogens with zero attached hydrogens (tertiary/aromatic N) is 1. The molecule has 1 aliphatic heterocycles. The molecular weight excluding hydrogens is 478 g/mol. The summed E-state index contributed by atoms with van der Waals surface area (Å²) in [5.41, 5.74) is 2.19. The number of aromatic nitrogens is 1. The van der Waals surface area contributed by atoms with Gasteiger partial charge >= 0.3 is 0 Å². The molecule has 0 aliphatic carbocycles. The second-order valence-corrected chi connectivity index (χ2v) is 12.0. The van der Waals surface area contributed by atoms with Crippen LogP contribution in [0.25, 0.3) is 0 Å². The number of aryl methyl sites for hydroxylation is 1. The molecule has 2 heterocycles. The number of hydrogen-bond donors (Lipinski definition) is 0. The van der Waals surface area contributed by atoms with Crippen molar-refractivity contribution < 1.29 is 18.8 Å². The molecule has 0 radical (unpaired) electrons. The lowest BCUT2D eigenvalue weighted by atomic mass is 10.0. The van der Waals surface area contributed by atoms with Gasteiger partial charge in [-0.1, -0.05) is 127 Å². The Labute approximate surface area is 233 Å². The molecule has 1 aromatic rings. The van der Waals surface area contributed by atoms with E-state index in [1.165, 1.54) is 128 Å². The van der Waals surface area contributed by atoms with Gasteiger partial charge in [0.05, 0.1) is 18.6 Å². The van der Waals surface area contributed by atoms with Crippen molar-refractivity contribution >= 4 is 11.3 Å². The predicted octanol–water partition coefficient (Wildman–Crippen LogP) is 9.40. The summed E-state index contributed by atoms with van der Waals surface area (Å²) >= 11 is 1.77. The molecule has 37 heavy (non-hydrogen) atoms. The highest BCUT2D eigenvalue weighted by atomic mass is 32.1. The second-order valence-electron chi connectivity index (χ2n) is 11.2. The first-order chi connectivity index (χ1) is 18.4. The van der Waals surface area contributed by atoms with Gasteiger partial charge in [-0.25, -0.2) is 0 Å². The monoisotopic (exact) mass is 538 g/mol. The maximum atomic E-state index is 6.03. The van der Waals surface area contributed by atoms with Gasteiger partial charge in [-0.05, 0) is 25.7 Å². The minimum Gasteiger partial charge on any atom is -0.379 e. The molecule has 0 amide bonds. The minimum absolute atomic E-state index is 0.00261. The van der Waals surface area contributed by atoms with Gasteiger partial charge in [0, 0.05) is 13.0 Å². The average Bonchev–Trinajstić information content (AvgIpc) is 3.60. The van der Waals surface area contributed by atoms with Crippen molar-refractivity contribution in [1.82, 2.24) is 0 Å². The third-order valence-corrected chi connectivity index (χ3v) is 8.31. The quantitative estimate of drug-likeness (QED) is 0.0826. The van der Waals surface area contributed by atoms with E-state index in [2.05, 4.69) is 28.6 Å². The molecule has 0 saturated carbocycles. The van der Waals surface area contributed by atoms with Crippen LogP contribution >= 0.6 is 11.3 Å². The van der Waals surface area contributed by atoms with Crippen LogP contribution < -0.4 is 4.57 Å². The summed E-state index contributed by atoms with van der Waals surface area (Å²) in [7, 11) is 0. The number of unbranched alkanes of at least 4 members (excludes halogenated alkanes) is 19. The summed E-state index contributed by atoms with van der Waals surface area (Å²) in [5, 5.41) is 2.14. The lowest BCUT2D eigenvalue weighted by Gasteiger charge is -2.12. The first-order valence-corrected chi connectivity index (χ1v) is 17.1. The topological polar surface area (TPSA) is 31.6 Å². The van der Waals surface area contributed by atoms with E-state index in [-0.39, 0.29) is 12.4 Å². The third kappa shape index (κ3) is 19.3. The molecule has 1 aliphatic rings. The van der Waals surface area contributed by atoms with Crippen molar-refractivity contribution in [2.24, 2.45) is 0 Å². The first kappa shape index (κ1) is 32.7. The van der Waals surface area contributed by atoms with Gasteiger partial charge in [0.1, 0.15) is 12.6 Å². The molecular formula is C32H60NO3S+. The van der Waals surface area contributed by atoms with Gasteiger partial charge in [0.25, 0.3) is 0 Å². The largest absolute Gasteiger partial charge is 0.379 e. The van der Waals surface area contributed by atoms with E-state index in [1.807, 2.05) is 0 Å². The SMILES string of the molecule is CCCCCCCCCCCCCCCCC[C@H]1OC[C@H](COCCCCCCCC[n+]2ccsc2)O1. The van der Waals surface area contributed by atoms with Gasteiger partial charge < -0.3 is 14.2 Å². The molecule has 2 atom stereocenters. The molecule has 1 aromatic heterocycles. The lowest BCUT2D eigenvalue weighted by molar-refractivity contribution is -0.692. The maximum Gasteiger partial charge on any atom is 0.224 e. The van der Waals surface area contributed by atoms with Crippen LogP contribution in [-0.2, 0) is 20.8 Å². The Morgan fingerprint density at radius 2 is 1.30 bits per heavy atom. The summed E-state index contributed by atoms with van der Waals surface area (Å²) in [6, 6.07) is 0. The first-order valence-electron chi connectivity index (χ1n) is 16.1. The van der Waals surface area contributed by atoms with Crippen LogP contribution in [0.4, 0.5) is 0 Å². The van der Waals surface area contributed by atoms with E-state index >= 15 is 0 Å². The Kier molecular flexibility index (Phi) is 21.7. The van der Waals surface area contributed by atoms with Crippen molar-refractivity contribution in [3.63, 3.8) is 0 Å². The van der Waals surface area contributed by atoms with Crippen molar-refractivity contribution in [3.05, 3.63) is 17.1 Å². The van der Waals surface area contributed by atoms with Crippen molar-refractivity contribution in [2.45, 2.75) is 167 Å². The van der Waals surface area contributed by atoms with Crippen molar-refractivity contribution in [1.29, 1.82) is 0 Å². The van der Waals surface area contributed by atoms with Crippen LogP contribution in [0.1, 0.15) is 148 Å². The molecule has 0 unspecified atom stereocenters. The van der Waals surface area contributed by atoms with Gasteiger partial charge in [0.15, 0.2) is 12.5 Å². The highest BCUT2D eigenvalue weighted by Gasteiger charge is 2.25. The van der Waals surface area contributed by atoms with Crippen LogP contribution in [-0.4, -0.2) is 32.2 Å². The summed E-state index contributed by atoms with van der Waals surface area (Å²) in [6.07, 6.45) is 32.2. The van der Waals surface area contributed by atoms with E-state index in [0.29, 0.717) is 13.2 Å². The van der Waals surface area contributed by atoms with Crippen LogP contribution in [0.5, 0.6) is 0 Å². The van der Waals surface area contributed by atoms with Crippen LogP contribution in [0.3, 0.4) is 0 Å². The number of rotatable bonds is 27. The third-order valence-electron chi connectivity index (χ3n) is 7.64. The van der Waals surface area contributed by atoms with E-state index in [1.54, 1.807) is 11.3 Å². The zero-order valence-electron chi connectivity index (χ0n) is 24.4. The molecule has 2 rings (SSSR count). The Balaban J connectivity index is 1.24. The van der Waals surface area contributed by atoms with Gasteiger partial charge in [-0.2, -0.15) is 4.57 Å². The number of ether oxygens (including phenoxy) is 3. The summed E-state index contributed by atoms with van der Waals surface area (Å²) < 4.78 is 20.0. The lowest BCUT2D eigenvalue weighted by Crippen LogP contribution is -2.29. The molecule has 4 nitrogen and oxygen atoms in total. The maximum absolute atomic E-state index is 6.03. The number of hydrogen-bond acceptors (Lipinski definition) is 4. The molecule has 0 N–H and O–H groups in total. The van der Waals surface area contributed by atoms with Crippen LogP contribution in [0, 0.1) is 0 Å². The molecule has 0 aromatic carbocycles. The standard InChI is InChI=1S/C32H60NO3S/c1-2-3-4-5-6-7-8-9-10-11-12-13-14-17-20-23-32-35-29-31(36-32)28-34-26-22-19-16-15-18-21-24-33-25-27-37-30-33/h25,27,30-32H,2-24,26,28-29H2,1H3/q+1/t31-,32-/m0/s1. The fourth-order valence-corrected chi connectivity index (χ4v) is 5.87. The van der Waals surface area contributed by atoms with E-state index in [9.17, 15) is 0 Å². The Bertz CT molecular complexity index is 583. The number of thiazole rings is 1. The van der Waals surface area contributed by atoms with Crippen LogP contribution in [0.2, 0.25) is 0 Å². The van der Waals surface area contributed by atoms with Crippen molar-refractivity contribution in [3.8, 4) is 0 Å². The Morgan fingerprint density at radius 3 is 1.89 bits per heavy atom. The summed E-state index contributed by atoms with van der Waals surface area (Å²) in [6.45, 7) is 5.70. The smallest absolute Gasteiger partial charge is 0.224 e. The second kappa shape index (κ2) is 24.5. The fraction of sp³-hybridized carbons (Fsp3) is 0.906. The fourth-order valence-electron chi connectivity index (χ4n) is 5.24. The molecule has 0 spiro atoms. The highest BCUT2D eigenvalue weighted by molar-refractivity contribution is 7.07. The highest BCUT2D eigenvalue weighted by Crippen LogP contribution is 2.19. The molecule has 1 fully saturated rings. The van der Waals surface area contributed by atoms with Crippen LogP contribution in [0.15, 0.2) is 17.1 Å². The molecule has 5 heteroatoms. The van der Waals surface area contributed by atoms with Gasteiger partial charge in [-0.3, -0.25) is 0 Å². The van der Waals surface area contributed by atoms with E-state index < -0.39 is 0 Å². The molecule has 216 valence electrons. The van der Waals surface area contributed by atoms with Gasteiger partial charge in [-0.15, -0.1) is 0 Å².